The molecule has 0 radical (unpaired) electrons. The van der Waals surface area contributed by atoms with Crippen molar-refractivity contribution in [2.45, 2.75) is 13.8 Å². The Bertz CT molecular complexity index is 1190. The summed E-state index contributed by atoms with van der Waals surface area (Å²) in [5.41, 5.74) is 5.72. The lowest BCUT2D eigenvalue weighted by atomic mass is 9.97. The van der Waals surface area contributed by atoms with Gasteiger partial charge < -0.3 is 9.40 Å². The van der Waals surface area contributed by atoms with Crippen LogP contribution in [0.2, 0.25) is 0 Å². The van der Waals surface area contributed by atoms with Gasteiger partial charge in [0.1, 0.15) is 5.58 Å². The van der Waals surface area contributed by atoms with Crippen molar-refractivity contribution in [1.29, 1.82) is 5.26 Å². The van der Waals surface area contributed by atoms with Crippen molar-refractivity contribution in [3.8, 4) is 17.2 Å². The molecule has 24 heavy (non-hydrogen) atoms. The summed E-state index contributed by atoms with van der Waals surface area (Å²) in [6.45, 7) is 4.09. The van der Waals surface area contributed by atoms with Crippen LogP contribution in [0.1, 0.15) is 16.8 Å². The summed E-state index contributed by atoms with van der Waals surface area (Å²) < 4.78 is 5.42. The monoisotopic (exact) mass is 314 g/mol. The smallest absolute Gasteiger partial charge is 0.336 e. The van der Waals surface area contributed by atoms with Crippen molar-refractivity contribution < 1.29 is 4.42 Å². The minimum absolute atomic E-state index is 0.383. The van der Waals surface area contributed by atoms with Crippen LogP contribution in [-0.4, -0.2) is 4.98 Å². The number of nitriles is 1. The maximum atomic E-state index is 12.0. The first kappa shape index (κ1) is 14.3. The number of nitrogens with zero attached hydrogens (tertiary/aromatic N) is 1. The van der Waals surface area contributed by atoms with Crippen LogP contribution in [0.5, 0.6) is 0 Å². The fourth-order valence-corrected chi connectivity index (χ4v) is 3.19. The fraction of sp³-hybridized carbons (Fsp3) is 0.100. The molecule has 1 N–H and O–H groups in total. The zero-order valence-corrected chi connectivity index (χ0v) is 13.3. The largest absolute Gasteiger partial charge is 0.423 e. The number of H-pyrrole nitrogens is 1. The topological polar surface area (TPSA) is 69.8 Å². The zero-order valence-electron chi connectivity index (χ0n) is 13.3. The van der Waals surface area contributed by atoms with Crippen molar-refractivity contribution in [2.75, 3.05) is 0 Å². The highest BCUT2D eigenvalue weighted by Gasteiger charge is 2.15. The summed E-state index contributed by atoms with van der Waals surface area (Å²) in [7, 11) is 0. The maximum Gasteiger partial charge on any atom is 0.336 e. The Hall–Kier alpha value is -3.32. The molecule has 2 heterocycles. The first-order valence-corrected chi connectivity index (χ1v) is 7.65. The summed E-state index contributed by atoms with van der Waals surface area (Å²) in [6, 6.07) is 14.6. The van der Waals surface area contributed by atoms with Crippen LogP contribution in [0.4, 0.5) is 0 Å². The highest BCUT2D eigenvalue weighted by Crippen LogP contribution is 2.35. The predicted molar refractivity (Wildman–Crippen MR) is 94.0 cm³/mol. The van der Waals surface area contributed by atoms with Gasteiger partial charge in [-0.3, -0.25) is 0 Å². The van der Waals surface area contributed by atoms with E-state index in [0.717, 1.165) is 38.7 Å². The number of fused-ring (bicyclic) bond motifs is 3. The van der Waals surface area contributed by atoms with Gasteiger partial charge in [0.15, 0.2) is 0 Å². The molecule has 4 nitrogen and oxygen atoms in total. The van der Waals surface area contributed by atoms with Gasteiger partial charge in [-0.1, -0.05) is 12.1 Å². The lowest BCUT2D eigenvalue weighted by molar-refractivity contribution is 0.562. The lowest BCUT2D eigenvalue weighted by Crippen LogP contribution is -1.98. The second kappa shape index (κ2) is 5.10. The Balaban J connectivity index is 2.17. The van der Waals surface area contributed by atoms with Crippen LogP contribution < -0.4 is 5.63 Å². The Morgan fingerprint density at radius 2 is 1.79 bits per heavy atom. The molecule has 2 aromatic carbocycles. The quantitative estimate of drug-likeness (QED) is 0.528. The van der Waals surface area contributed by atoms with Crippen LogP contribution in [0.3, 0.4) is 0 Å². The molecular weight excluding hydrogens is 300 g/mol. The molecule has 0 aliphatic heterocycles. The molecule has 0 atom stereocenters. The molecule has 0 saturated heterocycles. The van der Waals surface area contributed by atoms with Crippen LogP contribution >= 0.6 is 0 Å². The molecule has 116 valence electrons. The molecule has 0 unspecified atom stereocenters. The molecule has 0 fully saturated rings. The molecule has 0 aliphatic carbocycles. The van der Waals surface area contributed by atoms with E-state index in [1.165, 1.54) is 6.07 Å². The lowest BCUT2D eigenvalue weighted by Gasteiger charge is -2.08. The molecule has 0 saturated carbocycles. The number of nitrogens with one attached hydrogen (secondary N) is 1. The molecule has 4 heteroatoms. The van der Waals surface area contributed by atoms with E-state index in [4.69, 9.17) is 9.68 Å². The van der Waals surface area contributed by atoms with Crippen molar-refractivity contribution in [3.05, 3.63) is 69.7 Å². The van der Waals surface area contributed by atoms with E-state index in [1.807, 2.05) is 31.2 Å². The van der Waals surface area contributed by atoms with Crippen LogP contribution in [-0.2, 0) is 0 Å². The van der Waals surface area contributed by atoms with E-state index in [0.29, 0.717) is 11.1 Å². The Labute approximate surface area is 138 Å². The van der Waals surface area contributed by atoms with Gasteiger partial charge in [0.25, 0.3) is 0 Å². The summed E-state index contributed by atoms with van der Waals surface area (Å²) >= 11 is 0. The van der Waals surface area contributed by atoms with Gasteiger partial charge in [0, 0.05) is 33.6 Å². The summed E-state index contributed by atoms with van der Waals surface area (Å²) in [5.74, 6) is 0. The number of hydrogen-bond donors (Lipinski definition) is 1. The molecule has 0 bridgehead atoms. The standard InChI is InChI=1S/C20H14N2O2/c1-11-12(2)22-16-7-8-17-20(19(11)16)15(9-18(23)24-17)14-5-3-13(10-21)4-6-14/h3-9,22H,1-2H3. The molecule has 4 aromatic rings. The average molecular weight is 314 g/mol. The number of rotatable bonds is 1. The first-order valence-electron chi connectivity index (χ1n) is 7.65. The van der Waals surface area contributed by atoms with Gasteiger partial charge in [-0.25, -0.2) is 4.79 Å². The fourth-order valence-electron chi connectivity index (χ4n) is 3.19. The predicted octanol–water partition coefficient (Wildman–Crippen LogP) is 4.43. The van der Waals surface area contributed by atoms with Gasteiger partial charge in [-0.15, -0.1) is 0 Å². The molecule has 2 aromatic heterocycles. The second-order valence-electron chi connectivity index (χ2n) is 5.90. The number of benzene rings is 2. The van der Waals surface area contributed by atoms with Crippen molar-refractivity contribution >= 4 is 21.9 Å². The van der Waals surface area contributed by atoms with Gasteiger partial charge in [0.2, 0.25) is 0 Å². The van der Waals surface area contributed by atoms with Crippen LogP contribution in [0, 0.1) is 25.2 Å². The van der Waals surface area contributed by atoms with Crippen LogP contribution in [0.25, 0.3) is 33.0 Å². The minimum atomic E-state index is -0.383. The Kier molecular flexibility index (Phi) is 3.04. The Morgan fingerprint density at radius 3 is 2.50 bits per heavy atom. The number of aromatic amines is 1. The van der Waals surface area contributed by atoms with Crippen molar-refractivity contribution in [1.82, 2.24) is 4.98 Å². The normalized spacial score (nSPS) is 11.0. The SMILES string of the molecule is Cc1[nH]c2ccc3oc(=O)cc(-c4ccc(C#N)cc4)c3c2c1C. The molecule has 0 amide bonds. The van der Waals surface area contributed by atoms with E-state index >= 15 is 0 Å². The molecule has 0 spiro atoms. The third-order valence-corrected chi connectivity index (χ3v) is 4.49. The van der Waals surface area contributed by atoms with Crippen LogP contribution in [0.15, 0.2) is 51.7 Å². The number of aromatic nitrogens is 1. The van der Waals surface area contributed by atoms with Crippen molar-refractivity contribution in [3.63, 3.8) is 0 Å². The summed E-state index contributed by atoms with van der Waals surface area (Å²) in [4.78, 5) is 15.4. The molecular formula is C20H14N2O2. The minimum Gasteiger partial charge on any atom is -0.423 e. The summed E-state index contributed by atoms with van der Waals surface area (Å²) in [6.07, 6.45) is 0. The second-order valence-corrected chi connectivity index (χ2v) is 5.90. The van der Waals surface area contributed by atoms with Gasteiger partial charge in [-0.05, 0) is 49.2 Å². The maximum absolute atomic E-state index is 12.0. The third kappa shape index (κ3) is 2.03. The highest BCUT2D eigenvalue weighted by molar-refractivity contribution is 6.13. The third-order valence-electron chi connectivity index (χ3n) is 4.49. The molecule has 4 rings (SSSR count). The van der Waals surface area contributed by atoms with E-state index < -0.39 is 0 Å². The summed E-state index contributed by atoms with van der Waals surface area (Å²) in [5, 5.41) is 11.0. The molecule has 0 aliphatic rings. The highest BCUT2D eigenvalue weighted by atomic mass is 16.4. The van der Waals surface area contributed by atoms with E-state index in [2.05, 4.69) is 18.0 Å². The van der Waals surface area contributed by atoms with Gasteiger partial charge in [-0.2, -0.15) is 5.26 Å². The average Bonchev–Trinajstić information content (AvgIpc) is 2.89. The van der Waals surface area contributed by atoms with Gasteiger partial charge >= 0.3 is 5.63 Å². The zero-order chi connectivity index (χ0) is 16.8. The number of aryl methyl sites for hydroxylation is 2. The first-order chi connectivity index (χ1) is 11.6. The number of hydrogen-bond acceptors (Lipinski definition) is 3. The van der Waals surface area contributed by atoms with Gasteiger partial charge in [0.05, 0.1) is 11.6 Å². The van der Waals surface area contributed by atoms with E-state index in [1.54, 1.807) is 12.1 Å². The Morgan fingerprint density at radius 1 is 1.04 bits per heavy atom. The van der Waals surface area contributed by atoms with Crippen molar-refractivity contribution in [2.24, 2.45) is 0 Å². The van der Waals surface area contributed by atoms with E-state index in [9.17, 15) is 4.79 Å². The van der Waals surface area contributed by atoms with E-state index in [-0.39, 0.29) is 5.63 Å².